The molecule has 0 aromatic heterocycles. The zero-order chi connectivity index (χ0) is 18.4. The number of nitrogens with one attached hydrogen (secondary N) is 1. The van der Waals surface area contributed by atoms with E-state index in [1.54, 1.807) is 36.4 Å². The number of hydrogen-bond donors (Lipinski definition) is 1. The maximum absolute atomic E-state index is 13.5. The maximum Gasteiger partial charge on any atom is 0.263 e. The van der Waals surface area contributed by atoms with Gasteiger partial charge in [-0.15, -0.1) is 0 Å². The lowest BCUT2D eigenvalue weighted by Crippen LogP contribution is -2.46. The Morgan fingerprint density at radius 2 is 1.76 bits per heavy atom. The lowest BCUT2D eigenvalue weighted by Gasteiger charge is -2.27. The molecule has 2 aromatic carbocycles. The van der Waals surface area contributed by atoms with Crippen LogP contribution in [0.3, 0.4) is 0 Å². The van der Waals surface area contributed by atoms with Gasteiger partial charge in [-0.1, -0.05) is 36.4 Å². The predicted octanol–water partition coefficient (Wildman–Crippen LogP) is 2.13. The van der Waals surface area contributed by atoms with Crippen molar-refractivity contribution in [2.75, 3.05) is 10.6 Å². The van der Waals surface area contributed by atoms with Crippen molar-refractivity contribution in [1.82, 2.24) is 5.43 Å². The van der Waals surface area contributed by atoms with E-state index in [0.29, 0.717) is 5.69 Å². The number of hydrazone groups is 1. The van der Waals surface area contributed by atoms with Crippen LogP contribution in [-0.2, 0) is 14.8 Å². The molecule has 0 spiro atoms. The SMILES string of the molecule is CC(C(=O)NN=Cc1ccccc1F)N(c1ccccc1)S(C)(=O)=O. The number of carbonyl (C=O) groups excluding carboxylic acids is 1. The second-order valence-electron chi connectivity index (χ2n) is 5.33. The molecule has 0 heterocycles. The van der Waals surface area contributed by atoms with Gasteiger partial charge in [0.2, 0.25) is 10.0 Å². The third-order valence-corrected chi connectivity index (χ3v) is 4.62. The summed E-state index contributed by atoms with van der Waals surface area (Å²) in [5.41, 5.74) is 2.81. The Bertz CT molecular complexity index is 870. The second-order valence-corrected chi connectivity index (χ2v) is 7.19. The first-order valence-electron chi connectivity index (χ1n) is 7.42. The van der Waals surface area contributed by atoms with Crippen molar-refractivity contribution in [1.29, 1.82) is 0 Å². The highest BCUT2D eigenvalue weighted by molar-refractivity contribution is 7.92. The maximum atomic E-state index is 13.5. The van der Waals surface area contributed by atoms with Crippen LogP contribution < -0.4 is 9.73 Å². The fourth-order valence-corrected chi connectivity index (χ4v) is 3.40. The molecule has 132 valence electrons. The molecule has 0 radical (unpaired) electrons. The van der Waals surface area contributed by atoms with Crippen LogP contribution in [0, 0.1) is 5.82 Å². The summed E-state index contributed by atoms with van der Waals surface area (Å²) in [7, 11) is -3.69. The van der Waals surface area contributed by atoms with E-state index in [4.69, 9.17) is 0 Å². The first kappa shape index (κ1) is 18.6. The van der Waals surface area contributed by atoms with E-state index >= 15 is 0 Å². The van der Waals surface area contributed by atoms with E-state index in [9.17, 15) is 17.6 Å². The Morgan fingerprint density at radius 3 is 2.36 bits per heavy atom. The largest absolute Gasteiger partial charge is 0.271 e. The molecule has 1 atom stereocenters. The zero-order valence-corrected chi connectivity index (χ0v) is 14.6. The normalized spacial score (nSPS) is 12.8. The number of rotatable bonds is 6. The van der Waals surface area contributed by atoms with Crippen molar-refractivity contribution < 1.29 is 17.6 Å². The number of amides is 1. The third kappa shape index (κ3) is 4.87. The van der Waals surface area contributed by atoms with Crippen molar-refractivity contribution in [2.24, 2.45) is 5.10 Å². The first-order valence-corrected chi connectivity index (χ1v) is 9.27. The van der Waals surface area contributed by atoms with Crippen LogP contribution in [0.25, 0.3) is 0 Å². The number of halogens is 1. The van der Waals surface area contributed by atoms with Crippen molar-refractivity contribution >= 4 is 27.8 Å². The average Bonchev–Trinajstić information content (AvgIpc) is 2.56. The predicted molar refractivity (Wildman–Crippen MR) is 95.4 cm³/mol. The quantitative estimate of drug-likeness (QED) is 0.631. The highest BCUT2D eigenvalue weighted by atomic mass is 32.2. The van der Waals surface area contributed by atoms with Gasteiger partial charge in [0, 0.05) is 5.56 Å². The Kier molecular flexibility index (Phi) is 5.87. The summed E-state index contributed by atoms with van der Waals surface area (Å²) in [5.74, 6) is -1.11. The summed E-state index contributed by atoms with van der Waals surface area (Å²) in [6.45, 7) is 1.45. The molecule has 6 nitrogen and oxygen atoms in total. The third-order valence-electron chi connectivity index (χ3n) is 3.38. The summed E-state index contributed by atoms with van der Waals surface area (Å²) in [6.07, 6.45) is 2.18. The topological polar surface area (TPSA) is 78.8 Å². The minimum Gasteiger partial charge on any atom is -0.271 e. The summed E-state index contributed by atoms with van der Waals surface area (Å²) >= 11 is 0. The lowest BCUT2D eigenvalue weighted by atomic mass is 10.2. The Labute approximate surface area is 146 Å². The number of carbonyl (C=O) groups is 1. The van der Waals surface area contributed by atoms with Gasteiger partial charge in [0.25, 0.3) is 5.91 Å². The van der Waals surface area contributed by atoms with Crippen molar-refractivity contribution in [3.63, 3.8) is 0 Å². The molecular formula is C17H18FN3O3S. The molecule has 1 N–H and O–H groups in total. The van der Waals surface area contributed by atoms with Gasteiger partial charge in [0.05, 0.1) is 18.2 Å². The number of nitrogens with zero attached hydrogens (tertiary/aromatic N) is 2. The van der Waals surface area contributed by atoms with E-state index in [0.717, 1.165) is 16.8 Å². The van der Waals surface area contributed by atoms with Gasteiger partial charge < -0.3 is 0 Å². The zero-order valence-electron chi connectivity index (χ0n) is 13.8. The van der Waals surface area contributed by atoms with Crippen molar-refractivity contribution in [2.45, 2.75) is 13.0 Å². The van der Waals surface area contributed by atoms with Crippen LogP contribution in [0.1, 0.15) is 12.5 Å². The van der Waals surface area contributed by atoms with E-state index in [1.165, 1.54) is 25.1 Å². The number of para-hydroxylation sites is 1. The molecule has 0 aliphatic heterocycles. The highest BCUT2D eigenvalue weighted by Crippen LogP contribution is 2.20. The molecule has 1 unspecified atom stereocenters. The molecule has 2 rings (SSSR count). The molecule has 0 fully saturated rings. The highest BCUT2D eigenvalue weighted by Gasteiger charge is 2.28. The van der Waals surface area contributed by atoms with Crippen LogP contribution in [0.2, 0.25) is 0 Å². The van der Waals surface area contributed by atoms with E-state index in [2.05, 4.69) is 10.5 Å². The smallest absolute Gasteiger partial charge is 0.263 e. The van der Waals surface area contributed by atoms with Gasteiger partial charge >= 0.3 is 0 Å². The summed E-state index contributed by atoms with van der Waals surface area (Å²) < 4.78 is 38.6. The molecule has 25 heavy (non-hydrogen) atoms. The summed E-state index contributed by atoms with van der Waals surface area (Å²) in [4.78, 5) is 12.3. The van der Waals surface area contributed by atoms with Crippen LogP contribution in [-0.4, -0.2) is 32.8 Å². The van der Waals surface area contributed by atoms with Crippen molar-refractivity contribution in [3.05, 3.63) is 66.0 Å². The number of benzene rings is 2. The molecule has 0 aliphatic carbocycles. The molecule has 0 saturated carbocycles. The fourth-order valence-electron chi connectivity index (χ4n) is 2.22. The molecule has 0 aliphatic rings. The van der Waals surface area contributed by atoms with E-state index in [1.807, 2.05) is 0 Å². The second kappa shape index (κ2) is 7.89. The summed E-state index contributed by atoms with van der Waals surface area (Å²) in [5, 5.41) is 3.70. The minimum absolute atomic E-state index is 0.207. The average molecular weight is 363 g/mol. The molecule has 0 bridgehead atoms. The number of hydrogen-bond acceptors (Lipinski definition) is 4. The molecule has 0 saturated heterocycles. The first-order chi connectivity index (χ1) is 11.8. The number of sulfonamides is 1. The Balaban J connectivity index is 2.15. The van der Waals surface area contributed by atoms with E-state index < -0.39 is 27.8 Å². The lowest BCUT2D eigenvalue weighted by molar-refractivity contribution is -0.121. The standard InChI is InChI=1S/C17H18FN3O3S/c1-13(21(25(2,23)24)15-9-4-3-5-10-15)17(22)20-19-12-14-8-6-7-11-16(14)18/h3-13H,1-2H3,(H,20,22). The van der Waals surface area contributed by atoms with Gasteiger partial charge in [-0.3, -0.25) is 9.10 Å². The Morgan fingerprint density at radius 1 is 1.16 bits per heavy atom. The van der Waals surface area contributed by atoms with Gasteiger partial charge in [-0.05, 0) is 25.1 Å². The monoisotopic (exact) mass is 363 g/mol. The van der Waals surface area contributed by atoms with Gasteiger partial charge in [0.15, 0.2) is 0 Å². The fraction of sp³-hybridized carbons (Fsp3) is 0.176. The number of anilines is 1. The molecule has 2 aromatic rings. The van der Waals surface area contributed by atoms with Crippen molar-refractivity contribution in [3.8, 4) is 0 Å². The summed E-state index contributed by atoms with van der Waals surface area (Å²) in [6, 6.07) is 13.2. The van der Waals surface area contributed by atoms with Gasteiger partial charge in [-0.2, -0.15) is 5.10 Å². The van der Waals surface area contributed by atoms with Crippen LogP contribution in [0.15, 0.2) is 59.7 Å². The van der Waals surface area contributed by atoms with E-state index in [-0.39, 0.29) is 5.56 Å². The molecule has 8 heteroatoms. The van der Waals surface area contributed by atoms with Crippen LogP contribution >= 0.6 is 0 Å². The van der Waals surface area contributed by atoms with Crippen LogP contribution in [0.5, 0.6) is 0 Å². The molecular weight excluding hydrogens is 345 g/mol. The minimum atomic E-state index is -3.69. The Hall–Kier alpha value is -2.74. The molecule has 1 amide bonds. The van der Waals surface area contributed by atoms with Gasteiger partial charge in [0.1, 0.15) is 11.9 Å². The van der Waals surface area contributed by atoms with Crippen LogP contribution in [0.4, 0.5) is 10.1 Å². The van der Waals surface area contributed by atoms with Gasteiger partial charge in [-0.25, -0.2) is 18.2 Å².